The molecule has 0 N–H and O–H groups in total. The summed E-state index contributed by atoms with van der Waals surface area (Å²) in [5.41, 5.74) is 13.0. The Labute approximate surface area is 468 Å². The summed E-state index contributed by atoms with van der Waals surface area (Å²) in [6.07, 6.45) is 5.68. The normalized spacial score (nSPS) is 13.9. The summed E-state index contributed by atoms with van der Waals surface area (Å²) >= 11 is 0. The third-order valence-corrected chi connectivity index (χ3v) is 14.3. The van der Waals surface area contributed by atoms with Gasteiger partial charge in [0.15, 0.2) is 0 Å². The quantitative estimate of drug-likeness (QED) is 0.142. The number of ether oxygens (including phenoxy) is 1. The van der Waals surface area contributed by atoms with Crippen LogP contribution >= 0.6 is 0 Å². The molecule has 0 radical (unpaired) electrons. The predicted molar refractivity (Wildman–Crippen MR) is 311 cm³/mol. The summed E-state index contributed by atoms with van der Waals surface area (Å²) in [7, 11) is 0. The zero-order valence-electron chi connectivity index (χ0n) is 51.4. The number of benzene rings is 7. The van der Waals surface area contributed by atoms with E-state index in [0.717, 1.165) is 60.8 Å². The summed E-state index contributed by atoms with van der Waals surface area (Å²) in [5, 5.41) is 6.83. The summed E-state index contributed by atoms with van der Waals surface area (Å²) in [5.74, 6) is 1.26. The van der Waals surface area contributed by atoms with Gasteiger partial charge < -0.3 is 9.30 Å². The fourth-order valence-corrected chi connectivity index (χ4v) is 9.77. The average Bonchev–Trinajstić information content (AvgIpc) is 4.08. The monoisotopic (exact) mass is 1170 g/mol. The van der Waals surface area contributed by atoms with E-state index in [1.54, 1.807) is 28.9 Å². The van der Waals surface area contributed by atoms with Crippen molar-refractivity contribution in [1.82, 2.24) is 19.3 Å². The Hall–Kier alpha value is -6.81. The fourth-order valence-electron chi connectivity index (χ4n) is 9.77. The van der Waals surface area contributed by atoms with Gasteiger partial charge in [-0.05, 0) is 132 Å². The summed E-state index contributed by atoms with van der Waals surface area (Å²) < 4.78 is 64.1. The molecule has 0 aliphatic heterocycles. The van der Waals surface area contributed by atoms with Gasteiger partial charge in [-0.2, -0.15) is 11.2 Å². The molecular formula is C69H70N4OPt. The molecule has 6 heteroatoms. The molecule has 0 amide bonds. The van der Waals surface area contributed by atoms with Crippen LogP contribution in [-0.4, -0.2) is 19.3 Å². The van der Waals surface area contributed by atoms with E-state index < -0.39 is 19.1 Å². The van der Waals surface area contributed by atoms with Crippen LogP contribution in [0.1, 0.15) is 130 Å². The molecule has 0 aliphatic rings. The van der Waals surface area contributed by atoms with Crippen molar-refractivity contribution in [3.8, 4) is 67.5 Å². The van der Waals surface area contributed by atoms with Crippen LogP contribution in [-0.2, 0) is 42.7 Å². The molecule has 382 valence electrons. The number of aromatic nitrogens is 4. The molecule has 0 unspecified atom stereocenters. The third kappa shape index (κ3) is 10.7. The second kappa shape index (κ2) is 19.7. The molecule has 0 atom stereocenters. The van der Waals surface area contributed by atoms with Crippen LogP contribution < -0.4 is 4.74 Å². The Kier molecular flexibility index (Phi) is 12.0. The molecule has 7 aromatic carbocycles. The summed E-state index contributed by atoms with van der Waals surface area (Å²) in [6.45, 7) is 22.5. The molecule has 3 aromatic heterocycles. The standard InChI is InChI=1S/C69H70N4O.Pt/c1-43-30-64(70-41-61(43)48-22-19-23-52(31-48)66(4,5)6)73-62-27-24-47(46-20-17-16-18-21-46)36-60(62)59-26-25-57(39-63(59)73)74-58-35-50(65-44(2)28-53(29-45(65)3)67(7,8)9)34-56(38-58)72-42-51(40-71-72)49-32-54(68(10,11)12)37-55(33-49)69(13,14)15;/h16-37,40-42H,1-15H3;/q-2;+2/i2D3,3D3;. The van der Waals surface area contributed by atoms with Crippen molar-refractivity contribution < 1.29 is 34.0 Å². The Morgan fingerprint density at radius 2 is 1.13 bits per heavy atom. The van der Waals surface area contributed by atoms with Crippen LogP contribution in [0.15, 0.2) is 152 Å². The van der Waals surface area contributed by atoms with Gasteiger partial charge in [0.05, 0.1) is 6.20 Å². The number of nitrogens with zero attached hydrogens (tertiary/aromatic N) is 4. The van der Waals surface area contributed by atoms with Crippen LogP contribution in [0.3, 0.4) is 0 Å². The molecule has 10 rings (SSSR count). The van der Waals surface area contributed by atoms with E-state index in [9.17, 15) is 0 Å². The van der Waals surface area contributed by atoms with Gasteiger partial charge in [-0.1, -0.05) is 186 Å². The molecule has 0 saturated heterocycles. The first-order chi connectivity index (χ1) is 37.3. The van der Waals surface area contributed by atoms with Gasteiger partial charge in [0.2, 0.25) is 0 Å². The van der Waals surface area contributed by atoms with E-state index in [1.807, 2.05) is 69.7 Å². The van der Waals surface area contributed by atoms with Crippen LogP contribution in [0.25, 0.3) is 77.8 Å². The molecule has 75 heavy (non-hydrogen) atoms. The number of hydrogen-bond acceptors (Lipinski definition) is 3. The van der Waals surface area contributed by atoms with Crippen LogP contribution in [0.2, 0.25) is 0 Å². The van der Waals surface area contributed by atoms with Crippen LogP contribution in [0.4, 0.5) is 0 Å². The van der Waals surface area contributed by atoms with E-state index >= 15 is 0 Å². The van der Waals surface area contributed by atoms with Gasteiger partial charge in [0.25, 0.3) is 0 Å². The first-order valence-electron chi connectivity index (χ1n) is 28.6. The van der Waals surface area contributed by atoms with E-state index in [0.29, 0.717) is 28.4 Å². The fraction of sp³-hybridized carbons (Fsp3) is 0.275. The Morgan fingerprint density at radius 1 is 0.493 bits per heavy atom. The average molecular weight is 1170 g/mol. The topological polar surface area (TPSA) is 44.9 Å². The first-order valence-corrected chi connectivity index (χ1v) is 25.6. The summed E-state index contributed by atoms with van der Waals surface area (Å²) in [4.78, 5) is 5.16. The summed E-state index contributed by atoms with van der Waals surface area (Å²) in [6, 6.07) is 51.9. The van der Waals surface area contributed by atoms with Crippen molar-refractivity contribution >= 4 is 21.8 Å². The van der Waals surface area contributed by atoms with E-state index in [1.165, 1.54) is 16.7 Å². The minimum Gasteiger partial charge on any atom is -0.509 e. The van der Waals surface area contributed by atoms with Crippen molar-refractivity contribution in [1.29, 1.82) is 0 Å². The minimum absolute atomic E-state index is 0. The number of pyridine rings is 1. The molecule has 5 nitrogen and oxygen atoms in total. The van der Waals surface area contributed by atoms with Gasteiger partial charge in [-0.3, -0.25) is 4.68 Å². The van der Waals surface area contributed by atoms with Crippen molar-refractivity contribution in [2.75, 3.05) is 0 Å². The number of hydrogen-bond donors (Lipinski definition) is 0. The van der Waals surface area contributed by atoms with Crippen molar-refractivity contribution in [2.45, 2.75) is 125 Å². The smallest absolute Gasteiger partial charge is 0.509 e. The Morgan fingerprint density at radius 3 is 1.77 bits per heavy atom. The zero-order chi connectivity index (χ0) is 57.6. The van der Waals surface area contributed by atoms with E-state index in [4.69, 9.17) is 23.0 Å². The minimum atomic E-state index is -2.69. The molecule has 0 spiro atoms. The third-order valence-electron chi connectivity index (χ3n) is 14.3. The molecule has 3 heterocycles. The Balaban J connectivity index is 0.00000792. The van der Waals surface area contributed by atoms with Crippen molar-refractivity contribution in [2.24, 2.45) is 0 Å². The molecule has 10 aromatic rings. The number of aryl methyl sites for hydroxylation is 3. The molecule has 0 fully saturated rings. The van der Waals surface area contributed by atoms with Crippen molar-refractivity contribution in [3.05, 3.63) is 203 Å². The number of fused-ring (bicyclic) bond motifs is 3. The maximum atomic E-state index is 8.89. The zero-order valence-corrected chi connectivity index (χ0v) is 47.7. The molecule has 0 saturated carbocycles. The second-order valence-electron chi connectivity index (χ2n) is 24.1. The first kappa shape index (κ1) is 45.6. The van der Waals surface area contributed by atoms with E-state index in [2.05, 4.69) is 165 Å². The van der Waals surface area contributed by atoms with Gasteiger partial charge in [0, 0.05) is 48.8 Å². The largest absolute Gasteiger partial charge is 2.00 e. The van der Waals surface area contributed by atoms with Crippen LogP contribution in [0.5, 0.6) is 11.5 Å². The van der Waals surface area contributed by atoms with Gasteiger partial charge in [-0.15, -0.1) is 41.3 Å². The van der Waals surface area contributed by atoms with Gasteiger partial charge >= 0.3 is 21.1 Å². The molecule has 0 bridgehead atoms. The SMILES string of the molecule is [2H]C([2H])([2H])c1cc(C(C)(C)C)cc(C([2H])([2H])[2H])c1-c1cc(Oc2[c-]c3c(cc2)c2cc(-c4ccccc4)ccc2n3-c2cc(C)c(-c3cccc(C(C)(C)C)c3)cn2)[c-]c(-n2cc(-c3cc(C(C)(C)C)cc(C(C)(C)C)c3)cn2)c1.[Pt+2]. The maximum Gasteiger partial charge on any atom is 2.00 e. The number of rotatable bonds is 8. The van der Waals surface area contributed by atoms with Crippen molar-refractivity contribution in [3.63, 3.8) is 0 Å². The van der Waals surface area contributed by atoms with Gasteiger partial charge in [0.1, 0.15) is 5.82 Å². The molecule has 0 aliphatic carbocycles. The predicted octanol–water partition coefficient (Wildman–Crippen LogP) is 18.5. The maximum absolute atomic E-state index is 8.89. The van der Waals surface area contributed by atoms with E-state index in [-0.39, 0.29) is 59.8 Å². The second-order valence-corrected chi connectivity index (χ2v) is 24.1. The van der Waals surface area contributed by atoms with Gasteiger partial charge in [-0.25, -0.2) is 4.98 Å². The van der Waals surface area contributed by atoms with Crippen LogP contribution in [0, 0.1) is 32.8 Å². The molecular weight excluding hydrogens is 1100 g/mol. The Bertz CT molecular complexity index is 3940.